The summed E-state index contributed by atoms with van der Waals surface area (Å²) in [5, 5.41) is 2.72. The Morgan fingerprint density at radius 1 is 1.15 bits per heavy atom. The van der Waals surface area contributed by atoms with E-state index in [1.54, 1.807) is 18.2 Å². The smallest absolute Gasteiger partial charge is 0.415 e. The zero-order valence-corrected chi connectivity index (χ0v) is 18.4. The van der Waals surface area contributed by atoms with Crippen molar-refractivity contribution < 1.29 is 23.5 Å². The Labute approximate surface area is 191 Å². The number of nitrogens with one attached hydrogen (secondary N) is 1. The molecule has 1 aliphatic rings. The third-order valence-electron chi connectivity index (χ3n) is 5.21. The largest absolute Gasteiger partial charge is 0.474 e. The molecule has 0 unspecified atom stereocenters. The van der Waals surface area contributed by atoms with E-state index in [0.29, 0.717) is 23.5 Å². The molecular weight excluding hydrogens is 425 g/mol. The van der Waals surface area contributed by atoms with Crippen LogP contribution in [0.25, 0.3) is 0 Å². The van der Waals surface area contributed by atoms with E-state index in [9.17, 15) is 14.0 Å². The van der Waals surface area contributed by atoms with Crippen molar-refractivity contribution in [3.8, 4) is 5.88 Å². The minimum Gasteiger partial charge on any atom is -0.474 e. The molecule has 1 aliphatic heterocycles. The number of carbonyl (C=O) groups excluding carboxylic acids is 2. The van der Waals surface area contributed by atoms with Gasteiger partial charge in [-0.05, 0) is 36.2 Å². The van der Waals surface area contributed by atoms with Gasteiger partial charge >= 0.3 is 6.09 Å². The monoisotopic (exact) mass is 449 g/mol. The highest BCUT2D eigenvalue weighted by molar-refractivity contribution is 5.93. The lowest BCUT2D eigenvalue weighted by Gasteiger charge is -2.34. The molecule has 33 heavy (non-hydrogen) atoms. The van der Waals surface area contributed by atoms with Gasteiger partial charge in [0, 0.05) is 18.9 Å². The molecule has 4 rings (SSSR count). The quantitative estimate of drug-likeness (QED) is 0.611. The lowest BCUT2D eigenvalue weighted by Crippen LogP contribution is -2.45. The first kappa shape index (κ1) is 22.3. The van der Waals surface area contributed by atoms with E-state index in [1.807, 2.05) is 37.3 Å². The maximum absolute atomic E-state index is 13.3. The number of hydrogen-bond donors (Lipinski definition) is 1. The van der Waals surface area contributed by atoms with Crippen LogP contribution in [0.5, 0.6) is 5.88 Å². The van der Waals surface area contributed by atoms with Gasteiger partial charge in [-0.2, -0.15) is 4.98 Å². The number of halogens is 1. The van der Waals surface area contributed by atoms with E-state index < -0.39 is 6.09 Å². The molecule has 8 heteroatoms. The molecule has 2 heterocycles. The first-order chi connectivity index (χ1) is 15.9. The number of rotatable bonds is 5. The molecule has 0 aliphatic carbocycles. The Kier molecular flexibility index (Phi) is 6.53. The van der Waals surface area contributed by atoms with Crippen LogP contribution in [-0.4, -0.2) is 29.6 Å². The number of benzene rings is 2. The third-order valence-corrected chi connectivity index (χ3v) is 5.21. The molecule has 170 valence electrons. The summed E-state index contributed by atoms with van der Waals surface area (Å²) in [5.74, 6) is -0.0563. The predicted octanol–water partition coefficient (Wildman–Crippen LogP) is 4.69. The summed E-state index contributed by atoms with van der Waals surface area (Å²) in [6.45, 7) is 3.61. The normalized spacial score (nSPS) is 14.8. The SMILES string of the molecule is CC(=O)Nc1nc2c(cc1Cc1ccc(F)cc1)N(C(=O)OCc1ccccc1)[C@@H](C)CO2. The Morgan fingerprint density at radius 3 is 2.58 bits per heavy atom. The van der Waals surface area contributed by atoms with Crippen molar-refractivity contribution in [2.75, 3.05) is 16.8 Å². The molecule has 2 aromatic carbocycles. The van der Waals surface area contributed by atoms with Crippen LogP contribution >= 0.6 is 0 Å². The molecule has 3 aromatic rings. The van der Waals surface area contributed by atoms with E-state index >= 15 is 0 Å². The van der Waals surface area contributed by atoms with Crippen LogP contribution in [0, 0.1) is 5.82 Å². The third kappa shape index (κ3) is 5.28. The first-order valence-electron chi connectivity index (χ1n) is 10.6. The zero-order chi connectivity index (χ0) is 23.4. The standard InChI is InChI=1S/C25H24FN3O4/c1-16-14-32-24-22(29(16)25(31)33-15-19-6-4-3-5-7-19)13-20(23(28-24)27-17(2)30)12-18-8-10-21(26)11-9-18/h3-11,13,16H,12,14-15H2,1-2H3,(H,27,28,30)/t16-/m0/s1. The van der Waals surface area contributed by atoms with Crippen LogP contribution in [0.2, 0.25) is 0 Å². The summed E-state index contributed by atoms with van der Waals surface area (Å²) >= 11 is 0. The van der Waals surface area contributed by atoms with Gasteiger partial charge < -0.3 is 14.8 Å². The van der Waals surface area contributed by atoms with Crippen molar-refractivity contribution in [1.82, 2.24) is 4.98 Å². The molecular formula is C25H24FN3O4. The van der Waals surface area contributed by atoms with Gasteiger partial charge in [-0.15, -0.1) is 0 Å². The molecule has 1 aromatic heterocycles. The van der Waals surface area contributed by atoms with E-state index in [1.165, 1.54) is 24.0 Å². The van der Waals surface area contributed by atoms with Crippen LogP contribution < -0.4 is 15.0 Å². The Hall–Kier alpha value is -3.94. The van der Waals surface area contributed by atoms with Crippen LogP contribution in [0.4, 0.5) is 20.7 Å². The number of nitrogens with zero attached hydrogens (tertiary/aromatic N) is 2. The molecule has 0 fully saturated rings. The number of hydrogen-bond acceptors (Lipinski definition) is 5. The molecule has 0 saturated carbocycles. The van der Waals surface area contributed by atoms with Gasteiger partial charge in [-0.3, -0.25) is 9.69 Å². The number of anilines is 2. The van der Waals surface area contributed by atoms with E-state index in [0.717, 1.165) is 11.1 Å². The molecule has 0 saturated heterocycles. The number of pyridine rings is 1. The highest BCUT2D eigenvalue weighted by atomic mass is 19.1. The average molecular weight is 449 g/mol. The van der Waals surface area contributed by atoms with Crippen molar-refractivity contribution in [2.24, 2.45) is 0 Å². The zero-order valence-electron chi connectivity index (χ0n) is 18.4. The molecule has 0 bridgehead atoms. The fourth-order valence-corrected chi connectivity index (χ4v) is 3.62. The number of aromatic nitrogens is 1. The number of carbonyl (C=O) groups is 2. The molecule has 2 amide bonds. The van der Waals surface area contributed by atoms with Gasteiger partial charge in [0.25, 0.3) is 0 Å². The topological polar surface area (TPSA) is 80.8 Å². The van der Waals surface area contributed by atoms with Crippen LogP contribution in [-0.2, 0) is 22.6 Å². The van der Waals surface area contributed by atoms with E-state index in [2.05, 4.69) is 10.3 Å². The maximum atomic E-state index is 13.3. The van der Waals surface area contributed by atoms with Crippen LogP contribution in [0.1, 0.15) is 30.5 Å². The summed E-state index contributed by atoms with van der Waals surface area (Å²) in [6, 6.07) is 17.0. The lowest BCUT2D eigenvalue weighted by molar-refractivity contribution is -0.114. The molecule has 0 radical (unpaired) electrons. The molecule has 0 spiro atoms. The average Bonchev–Trinajstić information content (AvgIpc) is 2.80. The highest BCUT2D eigenvalue weighted by Gasteiger charge is 2.33. The fraction of sp³-hybridized carbons (Fsp3) is 0.240. The van der Waals surface area contributed by atoms with E-state index in [4.69, 9.17) is 9.47 Å². The van der Waals surface area contributed by atoms with Crippen molar-refractivity contribution in [2.45, 2.75) is 32.9 Å². The second-order valence-electron chi connectivity index (χ2n) is 7.88. The second kappa shape index (κ2) is 9.68. The summed E-state index contributed by atoms with van der Waals surface area (Å²) < 4.78 is 24.7. The maximum Gasteiger partial charge on any atom is 0.415 e. The molecule has 1 atom stereocenters. The molecule has 7 nitrogen and oxygen atoms in total. The van der Waals surface area contributed by atoms with Gasteiger partial charge in [-0.1, -0.05) is 42.5 Å². The van der Waals surface area contributed by atoms with Crippen molar-refractivity contribution in [3.63, 3.8) is 0 Å². The minimum atomic E-state index is -0.516. The van der Waals surface area contributed by atoms with Gasteiger partial charge in [-0.25, -0.2) is 9.18 Å². The Balaban J connectivity index is 1.65. The van der Waals surface area contributed by atoms with E-state index in [-0.39, 0.29) is 36.9 Å². The highest BCUT2D eigenvalue weighted by Crippen LogP contribution is 2.37. The van der Waals surface area contributed by atoms with Gasteiger partial charge in [0.2, 0.25) is 11.8 Å². The van der Waals surface area contributed by atoms with Crippen molar-refractivity contribution in [3.05, 3.63) is 83.2 Å². The van der Waals surface area contributed by atoms with Gasteiger partial charge in [0.1, 0.15) is 30.5 Å². The van der Waals surface area contributed by atoms with Crippen LogP contribution in [0.3, 0.4) is 0 Å². The number of fused-ring (bicyclic) bond motifs is 1. The minimum absolute atomic E-state index is 0.138. The van der Waals surface area contributed by atoms with Crippen molar-refractivity contribution in [1.29, 1.82) is 0 Å². The van der Waals surface area contributed by atoms with Crippen molar-refractivity contribution >= 4 is 23.5 Å². The fourth-order valence-electron chi connectivity index (χ4n) is 3.62. The number of amides is 2. The first-order valence-corrected chi connectivity index (χ1v) is 10.6. The molecule has 1 N–H and O–H groups in total. The second-order valence-corrected chi connectivity index (χ2v) is 7.88. The summed E-state index contributed by atoms with van der Waals surface area (Å²) in [6.07, 6.45) is -0.144. The summed E-state index contributed by atoms with van der Waals surface area (Å²) in [5.41, 5.74) is 2.82. The predicted molar refractivity (Wildman–Crippen MR) is 122 cm³/mol. The van der Waals surface area contributed by atoms with Gasteiger partial charge in [0.05, 0.1) is 6.04 Å². The lowest BCUT2D eigenvalue weighted by atomic mass is 10.0. The van der Waals surface area contributed by atoms with Crippen LogP contribution in [0.15, 0.2) is 60.7 Å². The Bertz CT molecular complexity index is 1150. The summed E-state index contributed by atoms with van der Waals surface area (Å²) in [7, 11) is 0. The number of ether oxygens (including phenoxy) is 2. The Morgan fingerprint density at radius 2 is 1.88 bits per heavy atom. The van der Waals surface area contributed by atoms with Gasteiger partial charge in [0.15, 0.2) is 0 Å². The summed E-state index contributed by atoms with van der Waals surface area (Å²) in [4.78, 5) is 30.8.